The van der Waals surface area contributed by atoms with Crippen LogP contribution >= 0.6 is 0 Å². The maximum absolute atomic E-state index is 6.20. The van der Waals surface area contributed by atoms with Gasteiger partial charge in [-0.3, -0.25) is 0 Å². The number of hydrogen-bond donors (Lipinski definition) is 0. The van der Waals surface area contributed by atoms with Crippen LogP contribution in [0.25, 0.3) is 77.1 Å². The minimum Gasteiger partial charge on any atom is -0.436 e. The third kappa shape index (κ3) is 5.19. The fraction of sp³-hybridized carbons (Fsp3) is 0. The molecular formula is C49H32N2O. The van der Waals surface area contributed by atoms with Crippen molar-refractivity contribution in [2.24, 2.45) is 0 Å². The van der Waals surface area contributed by atoms with Crippen LogP contribution < -0.4 is 4.90 Å². The molecule has 0 aliphatic carbocycles. The van der Waals surface area contributed by atoms with E-state index in [0.29, 0.717) is 5.89 Å². The first kappa shape index (κ1) is 29.9. The summed E-state index contributed by atoms with van der Waals surface area (Å²) in [6.45, 7) is 0. The summed E-state index contributed by atoms with van der Waals surface area (Å²) in [4.78, 5) is 7.30. The molecule has 0 atom stereocenters. The van der Waals surface area contributed by atoms with Crippen LogP contribution in [0.15, 0.2) is 199 Å². The van der Waals surface area contributed by atoms with Crippen molar-refractivity contribution in [1.82, 2.24) is 4.98 Å². The van der Waals surface area contributed by atoms with Crippen molar-refractivity contribution in [3.63, 3.8) is 0 Å². The van der Waals surface area contributed by atoms with Crippen LogP contribution in [0, 0.1) is 0 Å². The average molecular weight is 665 g/mol. The van der Waals surface area contributed by atoms with Gasteiger partial charge in [0, 0.05) is 28.0 Å². The van der Waals surface area contributed by atoms with Crippen LogP contribution in [0.3, 0.4) is 0 Å². The lowest BCUT2D eigenvalue weighted by Crippen LogP contribution is -2.10. The third-order valence-corrected chi connectivity index (χ3v) is 10.1. The van der Waals surface area contributed by atoms with Gasteiger partial charge in [0.25, 0.3) is 0 Å². The first-order chi connectivity index (χ1) is 25.8. The summed E-state index contributed by atoms with van der Waals surface area (Å²) in [6.07, 6.45) is 0. The Kier molecular flexibility index (Phi) is 7.14. The highest BCUT2D eigenvalue weighted by Gasteiger charge is 2.17. The first-order valence-corrected chi connectivity index (χ1v) is 17.6. The molecule has 0 saturated carbocycles. The minimum absolute atomic E-state index is 0.641. The van der Waals surface area contributed by atoms with E-state index < -0.39 is 0 Å². The van der Waals surface area contributed by atoms with Crippen molar-refractivity contribution in [3.8, 4) is 33.7 Å². The van der Waals surface area contributed by atoms with Gasteiger partial charge in [0.15, 0.2) is 5.58 Å². The Morgan fingerprint density at radius 2 is 0.865 bits per heavy atom. The molecule has 3 nitrogen and oxygen atoms in total. The Balaban J connectivity index is 1.10. The van der Waals surface area contributed by atoms with Crippen molar-refractivity contribution >= 4 is 60.5 Å². The van der Waals surface area contributed by atoms with Gasteiger partial charge in [-0.15, -0.1) is 0 Å². The molecule has 10 aromatic rings. The van der Waals surface area contributed by atoms with Crippen LogP contribution in [-0.4, -0.2) is 4.98 Å². The fourth-order valence-corrected chi connectivity index (χ4v) is 7.52. The largest absolute Gasteiger partial charge is 0.436 e. The summed E-state index contributed by atoms with van der Waals surface area (Å²) in [5.74, 6) is 0.641. The number of fused-ring (bicyclic) bond motifs is 7. The Hall–Kier alpha value is -6.97. The van der Waals surface area contributed by atoms with E-state index in [1.807, 2.05) is 36.4 Å². The van der Waals surface area contributed by atoms with Gasteiger partial charge in [0.2, 0.25) is 5.89 Å². The number of hydrogen-bond acceptors (Lipinski definition) is 3. The molecule has 1 aromatic heterocycles. The van der Waals surface area contributed by atoms with Crippen LogP contribution in [0.2, 0.25) is 0 Å². The number of rotatable bonds is 6. The second kappa shape index (κ2) is 12.4. The van der Waals surface area contributed by atoms with Gasteiger partial charge in [-0.2, -0.15) is 0 Å². The molecule has 0 spiro atoms. The first-order valence-electron chi connectivity index (χ1n) is 17.6. The Morgan fingerprint density at radius 3 is 1.62 bits per heavy atom. The monoisotopic (exact) mass is 664 g/mol. The Bertz CT molecular complexity index is 2880. The van der Waals surface area contributed by atoms with E-state index in [9.17, 15) is 0 Å². The normalized spacial score (nSPS) is 11.5. The summed E-state index contributed by atoms with van der Waals surface area (Å²) >= 11 is 0. The Morgan fingerprint density at radius 1 is 0.346 bits per heavy atom. The van der Waals surface area contributed by atoms with Gasteiger partial charge in [0.1, 0.15) is 5.52 Å². The fourth-order valence-electron chi connectivity index (χ4n) is 7.52. The van der Waals surface area contributed by atoms with Gasteiger partial charge in [-0.05, 0) is 110 Å². The molecule has 1 heterocycles. The lowest BCUT2D eigenvalue weighted by molar-refractivity contribution is 0.620. The summed E-state index contributed by atoms with van der Waals surface area (Å²) in [5.41, 5.74) is 10.7. The van der Waals surface area contributed by atoms with Crippen molar-refractivity contribution in [1.29, 1.82) is 0 Å². The number of benzene rings is 9. The van der Waals surface area contributed by atoms with Crippen LogP contribution in [0.4, 0.5) is 17.1 Å². The van der Waals surface area contributed by atoms with E-state index in [0.717, 1.165) is 39.1 Å². The maximum Gasteiger partial charge on any atom is 0.227 e. The summed E-state index contributed by atoms with van der Waals surface area (Å²) in [7, 11) is 0. The van der Waals surface area contributed by atoms with Crippen LogP contribution in [0.1, 0.15) is 0 Å². The zero-order chi connectivity index (χ0) is 34.4. The van der Waals surface area contributed by atoms with Crippen LogP contribution in [0.5, 0.6) is 0 Å². The number of nitrogens with zero attached hydrogens (tertiary/aromatic N) is 2. The molecule has 0 radical (unpaired) electrons. The van der Waals surface area contributed by atoms with Crippen LogP contribution in [-0.2, 0) is 0 Å². The van der Waals surface area contributed by atoms with E-state index in [1.165, 1.54) is 49.2 Å². The average Bonchev–Trinajstić information content (AvgIpc) is 3.67. The van der Waals surface area contributed by atoms with Crippen molar-refractivity contribution < 1.29 is 4.42 Å². The molecule has 9 aromatic carbocycles. The zero-order valence-corrected chi connectivity index (χ0v) is 28.3. The molecule has 0 N–H and O–H groups in total. The highest BCUT2D eigenvalue weighted by atomic mass is 16.3. The smallest absolute Gasteiger partial charge is 0.227 e. The molecule has 52 heavy (non-hydrogen) atoms. The zero-order valence-electron chi connectivity index (χ0n) is 28.3. The quantitative estimate of drug-likeness (QED) is 0.166. The molecule has 0 bridgehead atoms. The molecule has 0 unspecified atom stereocenters. The van der Waals surface area contributed by atoms with Gasteiger partial charge in [-0.25, -0.2) is 4.98 Å². The highest BCUT2D eigenvalue weighted by Crippen LogP contribution is 2.41. The maximum atomic E-state index is 6.20. The van der Waals surface area contributed by atoms with E-state index in [4.69, 9.17) is 9.40 Å². The van der Waals surface area contributed by atoms with E-state index >= 15 is 0 Å². The molecule has 0 fully saturated rings. The second-order valence-corrected chi connectivity index (χ2v) is 13.2. The van der Waals surface area contributed by atoms with Gasteiger partial charge in [0.05, 0.1) is 0 Å². The molecule has 10 rings (SSSR count). The minimum atomic E-state index is 0.641. The second-order valence-electron chi connectivity index (χ2n) is 13.2. The summed E-state index contributed by atoms with van der Waals surface area (Å²) in [5, 5.41) is 7.08. The van der Waals surface area contributed by atoms with Gasteiger partial charge >= 0.3 is 0 Å². The molecule has 0 saturated heterocycles. The van der Waals surface area contributed by atoms with Crippen molar-refractivity contribution in [3.05, 3.63) is 194 Å². The third-order valence-electron chi connectivity index (χ3n) is 10.1. The number of oxazole rings is 1. The predicted octanol–water partition coefficient (Wildman–Crippen LogP) is 13.8. The molecule has 244 valence electrons. The highest BCUT2D eigenvalue weighted by molar-refractivity contribution is 6.21. The van der Waals surface area contributed by atoms with E-state index in [-0.39, 0.29) is 0 Å². The lowest BCUT2D eigenvalue weighted by atomic mass is 9.96. The predicted molar refractivity (Wildman–Crippen MR) is 218 cm³/mol. The van der Waals surface area contributed by atoms with Crippen molar-refractivity contribution in [2.45, 2.75) is 0 Å². The molecule has 3 heteroatoms. The lowest BCUT2D eigenvalue weighted by Gasteiger charge is -2.27. The van der Waals surface area contributed by atoms with Crippen molar-refractivity contribution in [2.75, 3.05) is 4.90 Å². The molecule has 0 aliphatic rings. The van der Waals surface area contributed by atoms with Gasteiger partial charge in [-0.1, -0.05) is 133 Å². The number of anilines is 3. The standard InChI is InChI=1S/C49H32N2O/c1-4-11-33(12-5-1)35-19-22-39(23-20-35)51(40-18-10-17-37(31-40)34-13-6-2-7-14-34)41-24-26-42-38(32-41)21-25-44-43(42)27-28-46-45(44)29-30-47-48(46)50-49(52-47)36-15-8-3-9-16-36/h1-32H. The van der Waals surface area contributed by atoms with E-state index in [2.05, 4.69) is 163 Å². The molecule has 0 amide bonds. The topological polar surface area (TPSA) is 29.3 Å². The summed E-state index contributed by atoms with van der Waals surface area (Å²) < 4.78 is 6.20. The van der Waals surface area contributed by atoms with Gasteiger partial charge < -0.3 is 9.32 Å². The van der Waals surface area contributed by atoms with E-state index in [1.54, 1.807) is 0 Å². The number of aromatic nitrogens is 1. The molecule has 0 aliphatic heterocycles. The SMILES string of the molecule is c1ccc(-c2ccc(N(c3cccc(-c4ccccc4)c3)c3ccc4c(ccc5c4ccc4c5ccc5oc(-c6ccccc6)nc54)c3)cc2)cc1. The Labute approximate surface area is 301 Å². The summed E-state index contributed by atoms with van der Waals surface area (Å²) in [6, 6.07) is 68.9. The molecular weight excluding hydrogens is 633 g/mol.